The van der Waals surface area contributed by atoms with Crippen molar-refractivity contribution in [1.29, 1.82) is 0 Å². The molecule has 3 heterocycles. The van der Waals surface area contributed by atoms with E-state index < -0.39 is 0 Å². The molecule has 0 aliphatic carbocycles. The predicted molar refractivity (Wildman–Crippen MR) is 89.6 cm³/mol. The molecule has 0 saturated carbocycles. The maximum atomic E-state index is 5.90. The van der Waals surface area contributed by atoms with Crippen LogP contribution in [0.15, 0.2) is 28.1 Å². The average molecular weight is 387 g/mol. The number of ether oxygens (including phenoxy) is 1. The summed E-state index contributed by atoms with van der Waals surface area (Å²) in [5.41, 5.74) is 1.70. The van der Waals surface area contributed by atoms with Crippen molar-refractivity contribution in [2.24, 2.45) is 0 Å². The minimum Gasteiger partial charge on any atom is -0.481 e. The van der Waals surface area contributed by atoms with E-state index in [0.717, 1.165) is 28.0 Å². The highest BCUT2D eigenvalue weighted by Gasteiger charge is 2.13. The van der Waals surface area contributed by atoms with Gasteiger partial charge in [0.25, 0.3) is 0 Å². The highest BCUT2D eigenvalue weighted by Crippen LogP contribution is 2.24. The quantitative estimate of drug-likeness (QED) is 0.620. The number of aryl methyl sites for hydroxylation is 1. The molecule has 0 aliphatic rings. The van der Waals surface area contributed by atoms with Crippen LogP contribution in [0.1, 0.15) is 10.7 Å². The SMILES string of the molecule is COc1ccc2nc(CCCl)n(Cc3cc(Br)cs3)c2n1. The zero-order chi connectivity index (χ0) is 14.8. The van der Waals surface area contributed by atoms with Gasteiger partial charge in [-0.15, -0.1) is 22.9 Å². The normalized spacial score (nSPS) is 11.2. The van der Waals surface area contributed by atoms with Crippen molar-refractivity contribution in [1.82, 2.24) is 14.5 Å². The zero-order valence-corrected chi connectivity index (χ0v) is 14.5. The van der Waals surface area contributed by atoms with Gasteiger partial charge < -0.3 is 9.30 Å². The Morgan fingerprint density at radius 1 is 1.38 bits per heavy atom. The first-order chi connectivity index (χ1) is 10.2. The van der Waals surface area contributed by atoms with E-state index in [1.54, 1.807) is 18.4 Å². The smallest absolute Gasteiger partial charge is 0.215 e. The molecular weight excluding hydrogens is 374 g/mol. The molecule has 0 aliphatic heterocycles. The van der Waals surface area contributed by atoms with Crippen molar-refractivity contribution in [2.45, 2.75) is 13.0 Å². The summed E-state index contributed by atoms with van der Waals surface area (Å²) in [5.74, 6) is 2.08. The summed E-state index contributed by atoms with van der Waals surface area (Å²) in [7, 11) is 1.62. The number of thiophene rings is 1. The van der Waals surface area contributed by atoms with E-state index in [1.807, 2.05) is 12.1 Å². The summed E-state index contributed by atoms with van der Waals surface area (Å²) in [6, 6.07) is 5.87. The summed E-state index contributed by atoms with van der Waals surface area (Å²) in [4.78, 5) is 10.4. The molecule has 0 atom stereocenters. The van der Waals surface area contributed by atoms with E-state index in [-0.39, 0.29) is 0 Å². The van der Waals surface area contributed by atoms with Crippen LogP contribution in [0.3, 0.4) is 0 Å². The summed E-state index contributed by atoms with van der Waals surface area (Å²) in [6.45, 7) is 0.735. The van der Waals surface area contributed by atoms with Crippen LogP contribution in [-0.4, -0.2) is 27.5 Å². The fourth-order valence-electron chi connectivity index (χ4n) is 2.18. The molecule has 3 rings (SSSR count). The van der Waals surface area contributed by atoms with Crippen LogP contribution in [0, 0.1) is 0 Å². The maximum absolute atomic E-state index is 5.90. The van der Waals surface area contributed by atoms with Gasteiger partial charge in [-0.25, -0.2) is 4.98 Å². The number of aromatic nitrogens is 3. The van der Waals surface area contributed by atoms with Gasteiger partial charge in [-0.05, 0) is 28.1 Å². The van der Waals surface area contributed by atoms with Gasteiger partial charge in [0.1, 0.15) is 11.3 Å². The summed E-state index contributed by atoms with van der Waals surface area (Å²) < 4.78 is 8.42. The lowest BCUT2D eigenvalue weighted by Crippen LogP contribution is -2.06. The molecule has 4 nitrogen and oxygen atoms in total. The lowest BCUT2D eigenvalue weighted by atomic mass is 10.4. The van der Waals surface area contributed by atoms with Crippen molar-refractivity contribution in [3.63, 3.8) is 0 Å². The molecule has 21 heavy (non-hydrogen) atoms. The predicted octanol–water partition coefficient (Wildman–Crippen LogP) is 4.09. The molecular formula is C14H13BrClN3OS. The van der Waals surface area contributed by atoms with E-state index >= 15 is 0 Å². The molecule has 0 radical (unpaired) electrons. The lowest BCUT2D eigenvalue weighted by molar-refractivity contribution is 0.399. The molecule has 0 N–H and O–H groups in total. The van der Waals surface area contributed by atoms with Crippen LogP contribution in [0.25, 0.3) is 11.2 Å². The number of hydrogen-bond acceptors (Lipinski definition) is 4. The number of hydrogen-bond donors (Lipinski definition) is 0. The van der Waals surface area contributed by atoms with E-state index in [2.05, 4.69) is 41.9 Å². The highest BCUT2D eigenvalue weighted by atomic mass is 79.9. The Morgan fingerprint density at radius 3 is 2.90 bits per heavy atom. The molecule has 0 bridgehead atoms. The largest absolute Gasteiger partial charge is 0.481 e. The molecule has 0 saturated heterocycles. The summed E-state index contributed by atoms with van der Waals surface area (Å²) >= 11 is 11.1. The number of halogens is 2. The molecule has 0 spiro atoms. The van der Waals surface area contributed by atoms with Crippen molar-refractivity contribution in [3.05, 3.63) is 38.8 Å². The van der Waals surface area contributed by atoms with E-state index in [0.29, 0.717) is 18.2 Å². The monoisotopic (exact) mass is 385 g/mol. The van der Waals surface area contributed by atoms with E-state index in [9.17, 15) is 0 Å². The molecule has 0 fully saturated rings. The average Bonchev–Trinajstić information content (AvgIpc) is 3.04. The Kier molecular flexibility index (Phi) is 4.47. The highest BCUT2D eigenvalue weighted by molar-refractivity contribution is 9.10. The van der Waals surface area contributed by atoms with Crippen molar-refractivity contribution in [3.8, 4) is 5.88 Å². The Bertz CT molecular complexity index is 771. The van der Waals surface area contributed by atoms with Gasteiger partial charge in [-0.3, -0.25) is 0 Å². The number of imidazole rings is 1. The van der Waals surface area contributed by atoms with Gasteiger partial charge in [0.2, 0.25) is 5.88 Å². The molecule has 3 aromatic rings. The third kappa shape index (κ3) is 3.07. The third-order valence-corrected chi connectivity index (χ3v) is 4.98. The lowest BCUT2D eigenvalue weighted by Gasteiger charge is -2.07. The van der Waals surface area contributed by atoms with Crippen molar-refractivity contribution in [2.75, 3.05) is 13.0 Å². The summed E-state index contributed by atoms with van der Waals surface area (Å²) in [6.07, 6.45) is 0.715. The minimum absolute atomic E-state index is 0.536. The first kappa shape index (κ1) is 14.8. The van der Waals surface area contributed by atoms with E-state index in [1.165, 1.54) is 4.88 Å². The van der Waals surface area contributed by atoms with Gasteiger partial charge in [-0.1, -0.05) is 0 Å². The summed E-state index contributed by atoms with van der Waals surface area (Å²) in [5, 5.41) is 2.07. The first-order valence-electron chi connectivity index (χ1n) is 6.40. The standard InChI is InChI=1S/C14H13BrClN3OS/c1-20-13-3-2-11-14(18-13)19(12(17-11)4-5-16)7-10-6-9(15)8-21-10/h2-3,6,8H,4-5,7H2,1H3. The van der Waals surface area contributed by atoms with Gasteiger partial charge in [0, 0.05) is 33.1 Å². The number of methoxy groups -OCH3 is 1. The number of rotatable bonds is 5. The van der Waals surface area contributed by atoms with Crippen LogP contribution in [0.5, 0.6) is 5.88 Å². The van der Waals surface area contributed by atoms with Gasteiger partial charge in [0.15, 0.2) is 5.65 Å². The second-order valence-corrected chi connectivity index (χ2v) is 6.77. The van der Waals surface area contributed by atoms with Crippen LogP contribution < -0.4 is 4.74 Å². The van der Waals surface area contributed by atoms with Crippen molar-refractivity contribution < 1.29 is 4.74 Å². The minimum atomic E-state index is 0.536. The molecule has 0 aromatic carbocycles. The Hall–Kier alpha value is -1.11. The number of nitrogens with zero attached hydrogens (tertiary/aromatic N) is 3. The molecule has 3 aromatic heterocycles. The van der Waals surface area contributed by atoms with Gasteiger partial charge in [0.05, 0.1) is 13.7 Å². The van der Waals surface area contributed by atoms with Crippen LogP contribution in [0.4, 0.5) is 0 Å². The Morgan fingerprint density at radius 2 is 2.24 bits per heavy atom. The Labute approximate surface area is 139 Å². The molecule has 110 valence electrons. The Balaban J connectivity index is 2.09. The molecule has 7 heteroatoms. The maximum Gasteiger partial charge on any atom is 0.215 e. The van der Waals surface area contributed by atoms with Gasteiger partial charge in [-0.2, -0.15) is 4.98 Å². The topological polar surface area (TPSA) is 39.9 Å². The molecule has 0 unspecified atom stereocenters. The second-order valence-electron chi connectivity index (χ2n) is 4.48. The van der Waals surface area contributed by atoms with Crippen LogP contribution in [0.2, 0.25) is 0 Å². The number of fused-ring (bicyclic) bond motifs is 1. The zero-order valence-electron chi connectivity index (χ0n) is 11.3. The number of alkyl halides is 1. The fourth-order valence-corrected chi connectivity index (χ4v) is 3.79. The molecule has 0 amide bonds. The van der Waals surface area contributed by atoms with Crippen LogP contribution in [-0.2, 0) is 13.0 Å². The van der Waals surface area contributed by atoms with Crippen LogP contribution >= 0.6 is 38.9 Å². The fraction of sp³-hybridized carbons (Fsp3) is 0.286. The third-order valence-electron chi connectivity index (χ3n) is 3.11. The second kappa shape index (κ2) is 6.34. The number of pyridine rings is 1. The van der Waals surface area contributed by atoms with E-state index in [4.69, 9.17) is 16.3 Å². The van der Waals surface area contributed by atoms with Crippen molar-refractivity contribution >= 4 is 50.0 Å². The first-order valence-corrected chi connectivity index (χ1v) is 8.61. The van der Waals surface area contributed by atoms with Gasteiger partial charge >= 0.3 is 0 Å².